The van der Waals surface area contributed by atoms with E-state index in [0.717, 1.165) is 0 Å². The maximum Gasteiger partial charge on any atom is 0.239 e. The Morgan fingerprint density at radius 3 is 1.31 bits per heavy atom. The van der Waals surface area contributed by atoms with Gasteiger partial charge in [-0.25, -0.2) is 22.0 Å². The molecule has 0 heterocycles. The van der Waals surface area contributed by atoms with Crippen molar-refractivity contribution in [3.63, 3.8) is 0 Å². The smallest absolute Gasteiger partial charge is 0.239 e. The minimum absolute atomic E-state index is 0.626. The molecule has 0 N–H and O–H groups in total. The van der Waals surface area contributed by atoms with Gasteiger partial charge in [0.15, 0.2) is 23.3 Å². The summed E-state index contributed by atoms with van der Waals surface area (Å²) in [5.41, 5.74) is -1.59. The molecule has 0 aliphatic heterocycles. The van der Waals surface area contributed by atoms with Crippen molar-refractivity contribution in [2.75, 3.05) is 0 Å². The maximum atomic E-state index is 12.4. The monoisotopic (exact) mass is 195 g/mol. The fourth-order valence-electron chi connectivity index (χ4n) is 0.695. The molecule has 0 spiro atoms. The third-order valence-electron chi connectivity index (χ3n) is 1.31. The molecule has 1 radical (unpaired) electrons. The van der Waals surface area contributed by atoms with Crippen molar-refractivity contribution in [2.24, 2.45) is 0 Å². The average Bonchev–Trinajstić information content (AvgIpc) is 2.13. The topological polar surface area (TPSA) is 17.1 Å². The van der Waals surface area contributed by atoms with Crippen LogP contribution in [-0.2, 0) is 4.79 Å². The molecule has 1 rings (SSSR count). The Kier molecular flexibility index (Phi) is 2.31. The van der Waals surface area contributed by atoms with Crippen molar-refractivity contribution >= 4 is 6.29 Å². The van der Waals surface area contributed by atoms with Crippen molar-refractivity contribution in [1.29, 1.82) is 0 Å². The quantitative estimate of drug-likeness (QED) is 0.379. The Bertz CT molecular complexity index is 345. The van der Waals surface area contributed by atoms with Crippen LogP contribution >= 0.6 is 0 Å². The standard InChI is InChI=1S/C7F5O/c8-3-2(1-13)4(9)6(11)7(12)5(3)10. The predicted molar refractivity (Wildman–Crippen MR) is 31.0 cm³/mol. The highest BCUT2D eigenvalue weighted by molar-refractivity contribution is 5.76. The lowest BCUT2D eigenvalue weighted by Crippen LogP contribution is -2.06. The van der Waals surface area contributed by atoms with Gasteiger partial charge in [-0.15, -0.1) is 0 Å². The van der Waals surface area contributed by atoms with Gasteiger partial charge < -0.3 is 0 Å². The summed E-state index contributed by atoms with van der Waals surface area (Å²) in [7, 11) is 0. The molecule has 69 valence electrons. The second kappa shape index (κ2) is 3.12. The Morgan fingerprint density at radius 2 is 1.00 bits per heavy atom. The molecule has 0 saturated carbocycles. The van der Waals surface area contributed by atoms with Gasteiger partial charge in [-0.1, -0.05) is 0 Å². The number of benzene rings is 1. The predicted octanol–water partition coefficient (Wildman–Crippen LogP) is 1.84. The molecule has 1 nitrogen and oxygen atoms in total. The van der Waals surface area contributed by atoms with E-state index in [2.05, 4.69) is 0 Å². The first kappa shape index (κ1) is 9.63. The molecule has 13 heavy (non-hydrogen) atoms. The van der Waals surface area contributed by atoms with Crippen LogP contribution in [-0.4, -0.2) is 6.29 Å². The Labute approximate surface area is 68.8 Å². The summed E-state index contributed by atoms with van der Waals surface area (Å²) in [6.07, 6.45) is 0.626. The summed E-state index contributed by atoms with van der Waals surface area (Å²) in [5.74, 6) is -11.0. The molecule has 0 aliphatic carbocycles. The van der Waals surface area contributed by atoms with E-state index >= 15 is 0 Å². The van der Waals surface area contributed by atoms with Gasteiger partial charge >= 0.3 is 0 Å². The Balaban J connectivity index is 3.66. The molecule has 6 heteroatoms. The van der Waals surface area contributed by atoms with Crippen LogP contribution in [0.5, 0.6) is 0 Å². The van der Waals surface area contributed by atoms with E-state index in [0.29, 0.717) is 6.29 Å². The molecule has 1 aromatic rings. The van der Waals surface area contributed by atoms with Crippen LogP contribution in [0.15, 0.2) is 0 Å². The van der Waals surface area contributed by atoms with Gasteiger partial charge in [0.25, 0.3) is 0 Å². The third kappa shape index (κ3) is 1.28. The fraction of sp³-hybridized carbons (Fsp3) is 0. The summed E-state index contributed by atoms with van der Waals surface area (Å²) in [5, 5.41) is 0. The first-order chi connectivity index (χ1) is 6.00. The SMILES string of the molecule is O=[C]c1c(F)c(F)c(F)c(F)c1F. The van der Waals surface area contributed by atoms with Crippen molar-refractivity contribution in [1.82, 2.24) is 0 Å². The molecular formula is C7F5O. The summed E-state index contributed by atoms with van der Waals surface area (Å²) in [4.78, 5) is 9.80. The van der Waals surface area contributed by atoms with E-state index in [1.54, 1.807) is 0 Å². The van der Waals surface area contributed by atoms with Crippen LogP contribution in [0.3, 0.4) is 0 Å². The highest BCUT2D eigenvalue weighted by atomic mass is 19.2. The molecule has 0 fully saturated rings. The third-order valence-corrected chi connectivity index (χ3v) is 1.31. The van der Waals surface area contributed by atoms with Crippen LogP contribution < -0.4 is 0 Å². The number of hydrogen-bond acceptors (Lipinski definition) is 1. The molecule has 0 unspecified atom stereocenters. The van der Waals surface area contributed by atoms with Gasteiger partial charge in [0.2, 0.25) is 12.1 Å². The average molecular weight is 195 g/mol. The molecule has 0 amide bonds. The highest BCUT2D eigenvalue weighted by Crippen LogP contribution is 2.21. The van der Waals surface area contributed by atoms with Crippen LogP contribution in [0.25, 0.3) is 0 Å². The molecule has 1 aromatic carbocycles. The number of halogens is 5. The van der Waals surface area contributed by atoms with Gasteiger partial charge in [0.1, 0.15) is 5.56 Å². The van der Waals surface area contributed by atoms with Crippen molar-refractivity contribution in [3.8, 4) is 0 Å². The van der Waals surface area contributed by atoms with Crippen molar-refractivity contribution < 1.29 is 26.7 Å². The van der Waals surface area contributed by atoms with Gasteiger partial charge in [0, 0.05) is 0 Å². The molecule has 0 aromatic heterocycles. The fourth-order valence-corrected chi connectivity index (χ4v) is 0.695. The second-order valence-corrected chi connectivity index (χ2v) is 2.05. The maximum absolute atomic E-state index is 12.4. The summed E-state index contributed by atoms with van der Waals surface area (Å²) in [6, 6.07) is 0. The van der Waals surface area contributed by atoms with Crippen LogP contribution in [0.1, 0.15) is 5.56 Å². The highest BCUT2D eigenvalue weighted by Gasteiger charge is 2.25. The van der Waals surface area contributed by atoms with E-state index in [1.807, 2.05) is 0 Å². The zero-order valence-corrected chi connectivity index (χ0v) is 5.80. The minimum Gasteiger partial charge on any atom is -0.285 e. The van der Waals surface area contributed by atoms with Crippen LogP contribution in [0, 0.1) is 29.1 Å². The normalized spacial score (nSPS) is 10.2. The summed E-state index contributed by atoms with van der Waals surface area (Å²) >= 11 is 0. The van der Waals surface area contributed by atoms with E-state index in [1.165, 1.54) is 0 Å². The first-order valence-corrected chi connectivity index (χ1v) is 2.90. The summed E-state index contributed by atoms with van der Waals surface area (Å²) in [6.45, 7) is 0. The van der Waals surface area contributed by atoms with Gasteiger partial charge in [-0.3, -0.25) is 4.79 Å². The second-order valence-electron chi connectivity index (χ2n) is 2.05. The Hall–Kier alpha value is -1.46. The number of rotatable bonds is 1. The largest absolute Gasteiger partial charge is 0.285 e. The molecule has 0 atom stereocenters. The van der Waals surface area contributed by atoms with E-state index < -0.39 is 34.6 Å². The van der Waals surface area contributed by atoms with Crippen LogP contribution in [0.2, 0.25) is 0 Å². The molecule has 0 aliphatic rings. The molecular weight excluding hydrogens is 195 g/mol. The molecule has 0 saturated heterocycles. The number of hydrogen-bond donors (Lipinski definition) is 0. The van der Waals surface area contributed by atoms with Gasteiger partial charge in [-0.05, 0) is 0 Å². The van der Waals surface area contributed by atoms with E-state index in [4.69, 9.17) is 0 Å². The lowest BCUT2D eigenvalue weighted by atomic mass is 10.2. The zero-order valence-electron chi connectivity index (χ0n) is 5.80. The van der Waals surface area contributed by atoms with Crippen molar-refractivity contribution in [3.05, 3.63) is 34.6 Å². The lowest BCUT2D eigenvalue weighted by Gasteiger charge is -2.00. The van der Waals surface area contributed by atoms with Gasteiger partial charge in [0.05, 0.1) is 0 Å². The minimum atomic E-state index is -2.30. The Morgan fingerprint density at radius 1 is 0.692 bits per heavy atom. The number of carbonyl (C=O) groups excluding carboxylic acids is 1. The summed E-state index contributed by atoms with van der Waals surface area (Å²) < 4.78 is 61.6. The van der Waals surface area contributed by atoms with Crippen molar-refractivity contribution in [2.45, 2.75) is 0 Å². The lowest BCUT2D eigenvalue weighted by molar-refractivity contribution is 0.376. The first-order valence-electron chi connectivity index (χ1n) is 2.90. The van der Waals surface area contributed by atoms with E-state index in [9.17, 15) is 26.7 Å². The zero-order chi connectivity index (χ0) is 10.2. The van der Waals surface area contributed by atoms with Crippen LogP contribution in [0.4, 0.5) is 22.0 Å². The molecule has 0 bridgehead atoms. The van der Waals surface area contributed by atoms with Gasteiger partial charge in [-0.2, -0.15) is 0 Å². The van der Waals surface area contributed by atoms with E-state index in [-0.39, 0.29) is 0 Å².